The van der Waals surface area contributed by atoms with Crippen molar-refractivity contribution in [3.05, 3.63) is 82.8 Å². The van der Waals surface area contributed by atoms with E-state index in [1.165, 1.54) is 30.5 Å². The predicted molar refractivity (Wildman–Crippen MR) is 174 cm³/mol. The van der Waals surface area contributed by atoms with Gasteiger partial charge in [0.25, 0.3) is 0 Å². The molecule has 43 heavy (non-hydrogen) atoms. The number of benzene rings is 3. The summed E-state index contributed by atoms with van der Waals surface area (Å²) in [5.41, 5.74) is 3.26. The second-order valence-electron chi connectivity index (χ2n) is 9.92. The van der Waals surface area contributed by atoms with Gasteiger partial charge in [-0.15, -0.1) is 0 Å². The summed E-state index contributed by atoms with van der Waals surface area (Å²) in [4.78, 5) is 17.4. The maximum Gasteiger partial charge on any atom is 0.224 e. The Hall–Kier alpha value is -3.65. The summed E-state index contributed by atoms with van der Waals surface area (Å²) in [7, 11) is 3.81. The number of anilines is 3. The zero-order chi connectivity index (χ0) is 30.2. The SMILES string of the molecule is CCOc1cc2ncc(C#N)c(Nc3ccc(OCc4cccc(F)c4)c(Cl)c3)c2cc1NC(=O)CCCC1CCSS1. The van der Waals surface area contributed by atoms with Gasteiger partial charge in [-0.3, -0.25) is 9.78 Å². The van der Waals surface area contributed by atoms with Gasteiger partial charge in [0.1, 0.15) is 30.0 Å². The highest BCUT2D eigenvalue weighted by molar-refractivity contribution is 8.77. The highest BCUT2D eigenvalue weighted by atomic mass is 35.5. The molecule has 0 saturated carbocycles. The quantitative estimate of drug-likeness (QED) is 0.149. The number of nitriles is 1. The van der Waals surface area contributed by atoms with Gasteiger partial charge in [-0.1, -0.05) is 45.3 Å². The normalized spacial score (nSPS) is 14.3. The molecule has 0 bridgehead atoms. The number of nitrogens with zero attached hydrogens (tertiary/aromatic N) is 2. The number of pyridine rings is 1. The number of carbonyl (C=O) groups is 1. The number of carbonyl (C=O) groups excluding carboxylic acids is 1. The summed E-state index contributed by atoms with van der Waals surface area (Å²) in [5.74, 6) is 1.70. The van der Waals surface area contributed by atoms with Gasteiger partial charge in [-0.05, 0) is 68.1 Å². The van der Waals surface area contributed by atoms with Gasteiger partial charge in [0.15, 0.2) is 0 Å². The van der Waals surface area contributed by atoms with E-state index < -0.39 is 0 Å². The minimum atomic E-state index is -0.335. The van der Waals surface area contributed by atoms with Crippen LogP contribution in [0.5, 0.6) is 11.5 Å². The number of hydrogen-bond donors (Lipinski definition) is 2. The van der Waals surface area contributed by atoms with E-state index in [0.29, 0.717) is 73.9 Å². The first-order chi connectivity index (χ1) is 20.9. The molecule has 1 unspecified atom stereocenters. The van der Waals surface area contributed by atoms with E-state index in [1.807, 2.05) is 28.5 Å². The number of halogens is 2. The third-order valence-electron chi connectivity index (χ3n) is 6.81. The monoisotopic (exact) mass is 636 g/mol. The molecule has 0 aliphatic carbocycles. The van der Waals surface area contributed by atoms with Crippen molar-refractivity contribution in [2.75, 3.05) is 23.0 Å². The predicted octanol–water partition coefficient (Wildman–Crippen LogP) is 8.88. The molecule has 1 aromatic heterocycles. The Balaban J connectivity index is 1.37. The third kappa shape index (κ3) is 8.05. The van der Waals surface area contributed by atoms with E-state index in [-0.39, 0.29) is 18.3 Å². The maximum absolute atomic E-state index is 13.5. The average Bonchev–Trinajstić information content (AvgIpc) is 3.51. The Kier molecular flexibility index (Phi) is 10.5. The van der Waals surface area contributed by atoms with E-state index in [2.05, 4.69) is 21.7 Å². The Bertz CT molecular complexity index is 1660. The molecule has 1 atom stereocenters. The van der Waals surface area contributed by atoms with Crippen LogP contribution < -0.4 is 20.1 Å². The number of nitrogens with one attached hydrogen (secondary N) is 2. The molecule has 7 nitrogen and oxygen atoms in total. The molecule has 222 valence electrons. The lowest BCUT2D eigenvalue weighted by Crippen LogP contribution is -2.13. The molecule has 4 aromatic rings. The first-order valence-electron chi connectivity index (χ1n) is 13.9. The topological polar surface area (TPSA) is 96.3 Å². The average molecular weight is 637 g/mol. The van der Waals surface area contributed by atoms with Crippen LogP contribution in [0.4, 0.5) is 21.5 Å². The molecule has 1 fully saturated rings. The lowest BCUT2D eigenvalue weighted by atomic mass is 10.1. The van der Waals surface area contributed by atoms with Crippen molar-refractivity contribution in [2.24, 2.45) is 0 Å². The van der Waals surface area contributed by atoms with Crippen LogP contribution in [0.15, 0.2) is 60.8 Å². The lowest BCUT2D eigenvalue weighted by molar-refractivity contribution is -0.116. The van der Waals surface area contributed by atoms with Crippen molar-refractivity contribution in [1.29, 1.82) is 5.26 Å². The van der Waals surface area contributed by atoms with Crippen LogP contribution in [0.25, 0.3) is 10.9 Å². The lowest BCUT2D eigenvalue weighted by Gasteiger charge is -2.17. The molecular formula is C32H30ClFN4O3S2. The van der Waals surface area contributed by atoms with E-state index in [0.717, 1.165) is 12.8 Å². The molecular weight excluding hydrogens is 607 g/mol. The molecule has 1 saturated heterocycles. The second-order valence-corrected chi connectivity index (χ2v) is 13.1. The largest absolute Gasteiger partial charge is 0.492 e. The molecule has 0 radical (unpaired) electrons. The fourth-order valence-electron chi connectivity index (χ4n) is 4.71. The van der Waals surface area contributed by atoms with Gasteiger partial charge >= 0.3 is 0 Å². The zero-order valence-corrected chi connectivity index (χ0v) is 25.9. The second kappa shape index (κ2) is 14.7. The van der Waals surface area contributed by atoms with Gasteiger partial charge in [0.2, 0.25) is 5.91 Å². The Morgan fingerprint density at radius 1 is 1.19 bits per heavy atom. The highest BCUT2D eigenvalue weighted by Crippen LogP contribution is 2.40. The van der Waals surface area contributed by atoms with Crippen molar-refractivity contribution in [2.45, 2.75) is 44.5 Å². The fourth-order valence-corrected chi connectivity index (χ4v) is 7.97. The zero-order valence-electron chi connectivity index (χ0n) is 23.5. The first kappa shape index (κ1) is 30.8. The summed E-state index contributed by atoms with van der Waals surface area (Å²) in [6.45, 7) is 2.45. The van der Waals surface area contributed by atoms with E-state index >= 15 is 0 Å². The summed E-state index contributed by atoms with van der Waals surface area (Å²) >= 11 is 6.52. The summed E-state index contributed by atoms with van der Waals surface area (Å²) in [6, 6.07) is 17.1. The van der Waals surface area contributed by atoms with E-state index in [1.54, 1.807) is 42.5 Å². The Morgan fingerprint density at radius 2 is 2.07 bits per heavy atom. The van der Waals surface area contributed by atoms with Crippen molar-refractivity contribution in [3.8, 4) is 17.6 Å². The molecule has 1 amide bonds. The van der Waals surface area contributed by atoms with Gasteiger partial charge in [0, 0.05) is 40.8 Å². The van der Waals surface area contributed by atoms with E-state index in [9.17, 15) is 14.4 Å². The number of rotatable bonds is 12. The van der Waals surface area contributed by atoms with Gasteiger partial charge in [-0.25, -0.2) is 4.39 Å². The van der Waals surface area contributed by atoms with Gasteiger partial charge in [-0.2, -0.15) is 5.26 Å². The number of fused-ring (bicyclic) bond motifs is 1. The van der Waals surface area contributed by atoms with Crippen molar-refractivity contribution < 1.29 is 18.7 Å². The number of amides is 1. The minimum Gasteiger partial charge on any atom is -0.492 e. The molecule has 11 heteroatoms. The molecule has 0 spiro atoms. The van der Waals surface area contributed by atoms with E-state index in [4.69, 9.17) is 21.1 Å². The van der Waals surface area contributed by atoms with Crippen molar-refractivity contribution >= 4 is 67.1 Å². The van der Waals surface area contributed by atoms with Crippen LogP contribution in [0.3, 0.4) is 0 Å². The Morgan fingerprint density at radius 3 is 2.81 bits per heavy atom. The van der Waals surface area contributed by atoms with Crippen LogP contribution in [0, 0.1) is 17.1 Å². The van der Waals surface area contributed by atoms with Crippen LogP contribution in [-0.2, 0) is 11.4 Å². The van der Waals surface area contributed by atoms with Crippen molar-refractivity contribution in [1.82, 2.24) is 4.98 Å². The summed E-state index contributed by atoms with van der Waals surface area (Å²) in [6.07, 6.45) is 4.93. The van der Waals surface area contributed by atoms with Crippen LogP contribution in [0.2, 0.25) is 5.02 Å². The molecule has 2 N–H and O–H groups in total. The molecule has 3 aromatic carbocycles. The van der Waals surface area contributed by atoms with Gasteiger partial charge in [0.05, 0.1) is 34.1 Å². The minimum absolute atomic E-state index is 0.0875. The maximum atomic E-state index is 13.5. The van der Waals surface area contributed by atoms with Crippen LogP contribution in [0.1, 0.15) is 43.7 Å². The Labute approximate surface area is 262 Å². The highest BCUT2D eigenvalue weighted by Gasteiger charge is 2.18. The number of ether oxygens (including phenoxy) is 2. The summed E-state index contributed by atoms with van der Waals surface area (Å²) in [5, 5.41) is 17.8. The number of hydrogen-bond acceptors (Lipinski definition) is 8. The van der Waals surface area contributed by atoms with Crippen molar-refractivity contribution in [3.63, 3.8) is 0 Å². The first-order valence-corrected chi connectivity index (χ1v) is 16.7. The van der Waals surface area contributed by atoms with Gasteiger partial charge < -0.3 is 20.1 Å². The molecule has 1 aliphatic heterocycles. The van der Waals surface area contributed by atoms with Crippen LogP contribution >= 0.6 is 33.2 Å². The summed E-state index contributed by atoms with van der Waals surface area (Å²) < 4.78 is 25.1. The standard InChI is InChI=1S/C32H30ClFN4O3S2/c1-2-40-30-16-27-25(15-28(30)38-31(39)8-4-7-24-11-12-42-43-24)32(21(17-35)18-36-27)37-23-9-10-29(26(33)14-23)41-19-20-5-3-6-22(34)13-20/h3,5-6,9-10,13-16,18,24H,2,4,7-8,11-12,19H2,1H3,(H,36,37)(H,38,39). The third-order valence-corrected chi connectivity index (χ3v) is 10.1. The fraction of sp³-hybridized carbons (Fsp3) is 0.281. The smallest absolute Gasteiger partial charge is 0.224 e. The molecule has 2 heterocycles. The molecule has 1 aliphatic rings. The molecule has 5 rings (SSSR count). The van der Waals surface area contributed by atoms with Crippen LogP contribution in [-0.4, -0.2) is 28.5 Å². The number of aromatic nitrogens is 1.